The summed E-state index contributed by atoms with van der Waals surface area (Å²) in [5, 5.41) is 12.0. The minimum atomic E-state index is -0.229. The Hall–Kier alpha value is -3.20. The van der Waals surface area contributed by atoms with Crippen LogP contribution in [0.15, 0.2) is 47.9 Å². The number of ketones is 1. The standard InChI is InChI=1S/C20H19N5O3S/c1-2-9-25-19(13-5-7-21-8-6-13)23-24-20(25)29-12-16(26)14-3-4-17-15(10-14)22-18(27)11-28-17/h3-8,10H,2,9,11-12H2,1H3,(H,22,27). The number of Topliss-reactive ketones (excluding diaryl/α,β-unsaturated/α-hetero) is 1. The van der Waals surface area contributed by atoms with E-state index in [-0.39, 0.29) is 24.1 Å². The van der Waals surface area contributed by atoms with E-state index >= 15 is 0 Å². The fourth-order valence-corrected chi connectivity index (χ4v) is 3.86. The Kier molecular flexibility index (Phi) is 5.57. The van der Waals surface area contributed by atoms with Crippen LogP contribution in [0.1, 0.15) is 23.7 Å². The third kappa shape index (κ3) is 4.14. The predicted octanol–water partition coefficient (Wildman–Crippen LogP) is 3.06. The van der Waals surface area contributed by atoms with Crippen LogP contribution in [0.25, 0.3) is 11.4 Å². The van der Waals surface area contributed by atoms with Gasteiger partial charge in [0.25, 0.3) is 5.91 Å². The van der Waals surface area contributed by atoms with Crippen LogP contribution in [-0.4, -0.2) is 43.8 Å². The number of thioether (sulfide) groups is 1. The number of ether oxygens (including phenoxy) is 1. The second-order valence-electron chi connectivity index (χ2n) is 6.45. The second-order valence-corrected chi connectivity index (χ2v) is 7.40. The van der Waals surface area contributed by atoms with Gasteiger partial charge in [0.2, 0.25) is 0 Å². The van der Waals surface area contributed by atoms with Gasteiger partial charge in [-0.25, -0.2) is 0 Å². The van der Waals surface area contributed by atoms with Gasteiger partial charge in [0.1, 0.15) is 5.75 Å². The fraction of sp³-hybridized carbons (Fsp3) is 0.250. The zero-order valence-corrected chi connectivity index (χ0v) is 16.6. The Morgan fingerprint density at radius 1 is 1.24 bits per heavy atom. The van der Waals surface area contributed by atoms with Crippen LogP contribution in [0.4, 0.5) is 5.69 Å². The lowest BCUT2D eigenvalue weighted by Crippen LogP contribution is -2.25. The van der Waals surface area contributed by atoms with Crippen molar-refractivity contribution in [2.75, 3.05) is 17.7 Å². The topological polar surface area (TPSA) is 99.0 Å². The van der Waals surface area contributed by atoms with E-state index in [0.717, 1.165) is 24.4 Å². The minimum absolute atomic E-state index is 0.0109. The van der Waals surface area contributed by atoms with Gasteiger partial charge in [-0.2, -0.15) is 0 Å². The van der Waals surface area contributed by atoms with Gasteiger partial charge in [0.15, 0.2) is 23.4 Å². The van der Waals surface area contributed by atoms with Gasteiger partial charge in [0, 0.05) is 30.1 Å². The molecule has 0 radical (unpaired) electrons. The number of carbonyl (C=O) groups excluding carboxylic acids is 2. The van der Waals surface area contributed by atoms with Crippen molar-refractivity contribution >= 4 is 29.1 Å². The summed E-state index contributed by atoms with van der Waals surface area (Å²) in [4.78, 5) is 28.2. The maximum atomic E-state index is 12.7. The summed E-state index contributed by atoms with van der Waals surface area (Å²) >= 11 is 1.35. The third-order valence-corrected chi connectivity index (χ3v) is 5.34. The van der Waals surface area contributed by atoms with E-state index in [1.807, 2.05) is 16.7 Å². The first kappa shape index (κ1) is 19.1. The SMILES string of the molecule is CCCn1c(SCC(=O)c2ccc3c(c2)NC(=O)CO3)nnc1-c1ccncc1. The van der Waals surface area contributed by atoms with Gasteiger partial charge < -0.3 is 14.6 Å². The minimum Gasteiger partial charge on any atom is -0.482 e. The summed E-state index contributed by atoms with van der Waals surface area (Å²) in [7, 11) is 0. The van der Waals surface area contributed by atoms with Crippen LogP contribution in [0, 0.1) is 0 Å². The summed E-state index contributed by atoms with van der Waals surface area (Å²) in [5.74, 6) is 1.25. The molecular formula is C20H19N5O3S. The molecule has 4 rings (SSSR count). The Bertz CT molecular complexity index is 1050. The lowest BCUT2D eigenvalue weighted by Gasteiger charge is -2.18. The molecule has 3 aromatic rings. The van der Waals surface area contributed by atoms with E-state index in [1.54, 1.807) is 30.6 Å². The normalized spacial score (nSPS) is 12.8. The average Bonchev–Trinajstić information content (AvgIpc) is 3.15. The summed E-state index contributed by atoms with van der Waals surface area (Å²) < 4.78 is 7.35. The van der Waals surface area contributed by atoms with Crippen LogP contribution in [-0.2, 0) is 11.3 Å². The van der Waals surface area contributed by atoms with Crippen LogP contribution >= 0.6 is 11.8 Å². The zero-order valence-electron chi connectivity index (χ0n) is 15.8. The molecule has 0 bridgehead atoms. The van der Waals surface area contributed by atoms with Crippen LogP contribution < -0.4 is 10.1 Å². The summed E-state index contributed by atoms with van der Waals surface area (Å²) in [6.45, 7) is 2.83. The molecule has 1 N–H and O–H groups in total. The van der Waals surface area contributed by atoms with Crippen molar-refractivity contribution in [3.8, 4) is 17.1 Å². The predicted molar refractivity (Wildman–Crippen MR) is 109 cm³/mol. The Balaban J connectivity index is 1.50. The highest BCUT2D eigenvalue weighted by Gasteiger charge is 2.19. The van der Waals surface area contributed by atoms with Crippen molar-refractivity contribution in [2.45, 2.75) is 25.0 Å². The van der Waals surface area contributed by atoms with Gasteiger partial charge in [0.05, 0.1) is 11.4 Å². The number of pyridine rings is 1. The first-order valence-corrected chi connectivity index (χ1v) is 10.2. The molecule has 0 fully saturated rings. The number of anilines is 1. The van der Waals surface area contributed by atoms with Crippen molar-refractivity contribution < 1.29 is 14.3 Å². The first-order valence-electron chi connectivity index (χ1n) is 9.22. The van der Waals surface area contributed by atoms with Gasteiger partial charge in [-0.1, -0.05) is 18.7 Å². The largest absolute Gasteiger partial charge is 0.482 e. The van der Waals surface area contributed by atoms with Crippen molar-refractivity contribution in [1.82, 2.24) is 19.7 Å². The fourth-order valence-electron chi connectivity index (χ4n) is 3.01. The highest BCUT2D eigenvalue weighted by atomic mass is 32.2. The summed E-state index contributed by atoms with van der Waals surface area (Å²) in [6.07, 6.45) is 4.35. The Labute approximate surface area is 171 Å². The van der Waals surface area contributed by atoms with Crippen molar-refractivity contribution in [3.05, 3.63) is 48.3 Å². The number of hydrogen-bond acceptors (Lipinski definition) is 7. The van der Waals surface area contributed by atoms with E-state index < -0.39 is 0 Å². The molecule has 0 atom stereocenters. The number of benzene rings is 1. The summed E-state index contributed by atoms with van der Waals surface area (Å²) in [5.41, 5.74) is 1.97. The van der Waals surface area contributed by atoms with E-state index in [4.69, 9.17) is 4.74 Å². The number of nitrogens with zero attached hydrogens (tertiary/aromatic N) is 4. The lowest BCUT2D eigenvalue weighted by atomic mass is 10.1. The first-order chi connectivity index (χ1) is 14.2. The molecule has 148 valence electrons. The molecule has 9 heteroatoms. The Morgan fingerprint density at radius 2 is 2.07 bits per heavy atom. The molecule has 0 saturated carbocycles. The number of hydrogen-bond donors (Lipinski definition) is 1. The number of rotatable bonds is 7. The molecule has 0 saturated heterocycles. The van der Waals surface area contributed by atoms with Crippen molar-refractivity contribution in [2.24, 2.45) is 0 Å². The van der Waals surface area contributed by atoms with E-state index in [1.165, 1.54) is 11.8 Å². The highest BCUT2D eigenvalue weighted by molar-refractivity contribution is 7.99. The quantitative estimate of drug-likeness (QED) is 0.473. The van der Waals surface area contributed by atoms with Gasteiger partial charge in [-0.3, -0.25) is 14.6 Å². The molecule has 2 aromatic heterocycles. The second kappa shape index (κ2) is 8.44. The van der Waals surface area contributed by atoms with Gasteiger partial charge in [-0.15, -0.1) is 10.2 Å². The zero-order chi connectivity index (χ0) is 20.2. The summed E-state index contributed by atoms with van der Waals surface area (Å²) in [6, 6.07) is 8.83. The molecule has 3 heterocycles. The molecule has 0 aliphatic carbocycles. The maximum absolute atomic E-state index is 12.7. The maximum Gasteiger partial charge on any atom is 0.262 e. The molecule has 29 heavy (non-hydrogen) atoms. The Morgan fingerprint density at radius 3 is 2.86 bits per heavy atom. The van der Waals surface area contributed by atoms with Crippen LogP contribution in [0.5, 0.6) is 5.75 Å². The van der Waals surface area contributed by atoms with E-state index in [2.05, 4.69) is 27.4 Å². The van der Waals surface area contributed by atoms with Crippen molar-refractivity contribution in [3.63, 3.8) is 0 Å². The molecule has 8 nitrogen and oxygen atoms in total. The van der Waals surface area contributed by atoms with Crippen LogP contribution in [0.3, 0.4) is 0 Å². The van der Waals surface area contributed by atoms with Crippen LogP contribution in [0.2, 0.25) is 0 Å². The smallest absolute Gasteiger partial charge is 0.262 e. The number of amides is 1. The molecular weight excluding hydrogens is 390 g/mol. The molecule has 1 aromatic carbocycles. The monoisotopic (exact) mass is 409 g/mol. The number of aromatic nitrogens is 4. The lowest BCUT2D eigenvalue weighted by molar-refractivity contribution is -0.118. The number of fused-ring (bicyclic) bond motifs is 1. The average molecular weight is 409 g/mol. The van der Waals surface area contributed by atoms with Crippen molar-refractivity contribution in [1.29, 1.82) is 0 Å². The van der Waals surface area contributed by atoms with Gasteiger partial charge in [-0.05, 0) is 36.8 Å². The molecule has 1 amide bonds. The van der Waals surface area contributed by atoms with Gasteiger partial charge >= 0.3 is 0 Å². The molecule has 0 unspecified atom stereocenters. The molecule has 1 aliphatic rings. The van der Waals surface area contributed by atoms with E-state index in [9.17, 15) is 9.59 Å². The molecule has 1 aliphatic heterocycles. The third-order valence-electron chi connectivity index (χ3n) is 4.37. The van der Waals surface area contributed by atoms with E-state index in [0.29, 0.717) is 22.2 Å². The molecule has 0 spiro atoms. The number of carbonyl (C=O) groups is 2. The highest BCUT2D eigenvalue weighted by Crippen LogP contribution is 2.30. The number of nitrogens with one attached hydrogen (secondary N) is 1.